The van der Waals surface area contributed by atoms with Crippen LogP contribution in [0.15, 0.2) is 36.4 Å². The summed E-state index contributed by atoms with van der Waals surface area (Å²) in [6.07, 6.45) is -1.44. The van der Waals surface area contributed by atoms with Crippen LogP contribution in [0.4, 0.5) is 20.6 Å². The summed E-state index contributed by atoms with van der Waals surface area (Å²) >= 11 is 6.01. The van der Waals surface area contributed by atoms with Crippen LogP contribution in [0.25, 0.3) is 11.1 Å². The Bertz CT molecular complexity index is 719. The average Bonchev–Trinajstić information content (AvgIpc) is 2.39. The second-order valence-corrected chi connectivity index (χ2v) is 4.45. The highest BCUT2D eigenvalue weighted by Crippen LogP contribution is 2.36. The van der Waals surface area contributed by atoms with Gasteiger partial charge in [0.15, 0.2) is 0 Å². The summed E-state index contributed by atoms with van der Waals surface area (Å²) in [4.78, 5) is 20.9. The zero-order valence-electron chi connectivity index (χ0n) is 10.3. The molecule has 8 heteroatoms. The predicted octanol–water partition coefficient (Wildman–Crippen LogP) is 4.14. The Morgan fingerprint density at radius 3 is 2.43 bits per heavy atom. The lowest BCUT2D eigenvalue weighted by Crippen LogP contribution is -2.09. The molecule has 2 N–H and O–H groups in total. The van der Waals surface area contributed by atoms with Crippen molar-refractivity contribution in [3.63, 3.8) is 0 Å². The van der Waals surface area contributed by atoms with Gasteiger partial charge in [-0.25, -0.2) is 9.18 Å². The van der Waals surface area contributed by atoms with Crippen molar-refractivity contribution in [1.29, 1.82) is 0 Å². The van der Waals surface area contributed by atoms with E-state index in [4.69, 9.17) is 16.7 Å². The first-order chi connectivity index (χ1) is 9.88. The lowest BCUT2D eigenvalue weighted by atomic mass is 10.0. The zero-order chi connectivity index (χ0) is 15.6. The number of nitro groups is 1. The van der Waals surface area contributed by atoms with Crippen LogP contribution in [0.2, 0.25) is 5.02 Å². The van der Waals surface area contributed by atoms with E-state index in [1.807, 2.05) is 5.32 Å². The summed E-state index contributed by atoms with van der Waals surface area (Å²) < 4.78 is 12.9. The Morgan fingerprint density at radius 1 is 1.29 bits per heavy atom. The van der Waals surface area contributed by atoms with Crippen LogP contribution in [0.1, 0.15) is 0 Å². The molecular formula is C13H8ClFN2O4. The summed E-state index contributed by atoms with van der Waals surface area (Å²) in [5, 5.41) is 21.7. The Labute approximate surface area is 122 Å². The van der Waals surface area contributed by atoms with Gasteiger partial charge in [0, 0.05) is 11.6 Å². The SMILES string of the molecule is O=C(O)Nc1cc(Cl)c(-c2ccc(F)cc2)cc1[N+](=O)[O-]. The molecule has 0 spiro atoms. The number of nitrogens with one attached hydrogen (secondary N) is 1. The van der Waals surface area contributed by atoms with E-state index in [1.54, 1.807) is 0 Å². The van der Waals surface area contributed by atoms with Gasteiger partial charge in [0.05, 0.1) is 9.95 Å². The van der Waals surface area contributed by atoms with Crippen molar-refractivity contribution in [1.82, 2.24) is 0 Å². The molecule has 0 saturated carbocycles. The van der Waals surface area contributed by atoms with Crippen LogP contribution < -0.4 is 5.32 Å². The summed E-state index contributed by atoms with van der Waals surface area (Å²) in [6, 6.07) is 7.52. The van der Waals surface area contributed by atoms with Gasteiger partial charge in [0.2, 0.25) is 0 Å². The van der Waals surface area contributed by atoms with Gasteiger partial charge in [-0.15, -0.1) is 0 Å². The summed E-state index contributed by atoms with van der Waals surface area (Å²) in [5.74, 6) is -0.450. The fourth-order valence-corrected chi connectivity index (χ4v) is 2.05. The normalized spacial score (nSPS) is 10.2. The van der Waals surface area contributed by atoms with Crippen LogP contribution in [-0.2, 0) is 0 Å². The molecule has 0 aliphatic carbocycles. The Morgan fingerprint density at radius 2 is 1.90 bits per heavy atom. The molecule has 108 valence electrons. The predicted molar refractivity (Wildman–Crippen MR) is 75.1 cm³/mol. The average molecular weight is 311 g/mol. The highest BCUT2D eigenvalue weighted by Gasteiger charge is 2.20. The maximum Gasteiger partial charge on any atom is 0.409 e. The van der Waals surface area contributed by atoms with Crippen LogP contribution in [0.5, 0.6) is 0 Å². The van der Waals surface area contributed by atoms with Crippen molar-refractivity contribution < 1.29 is 19.2 Å². The molecular weight excluding hydrogens is 303 g/mol. The minimum atomic E-state index is -1.44. The van der Waals surface area contributed by atoms with Gasteiger partial charge in [0.1, 0.15) is 11.5 Å². The van der Waals surface area contributed by atoms with Gasteiger partial charge in [0.25, 0.3) is 5.69 Å². The topological polar surface area (TPSA) is 92.5 Å². The summed E-state index contributed by atoms with van der Waals surface area (Å²) in [5.41, 5.74) is 0.107. The molecule has 21 heavy (non-hydrogen) atoms. The van der Waals surface area contributed by atoms with E-state index in [1.165, 1.54) is 24.3 Å². The molecule has 0 atom stereocenters. The summed E-state index contributed by atoms with van der Waals surface area (Å²) in [7, 11) is 0. The molecule has 2 rings (SSSR count). The second-order valence-electron chi connectivity index (χ2n) is 4.04. The minimum absolute atomic E-state index is 0.107. The fraction of sp³-hybridized carbons (Fsp3) is 0. The Balaban J connectivity index is 2.58. The van der Waals surface area contributed by atoms with E-state index in [0.717, 1.165) is 12.1 Å². The van der Waals surface area contributed by atoms with Gasteiger partial charge in [-0.05, 0) is 23.8 Å². The number of nitro benzene ring substituents is 1. The number of carboxylic acid groups (broad SMARTS) is 1. The molecule has 0 saturated heterocycles. The first kappa shape index (κ1) is 14.7. The van der Waals surface area contributed by atoms with Gasteiger partial charge in [-0.1, -0.05) is 23.7 Å². The third kappa shape index (κ3) is 3.26. The molecule has 0 heterocycles. The number of amides is 1. The molecule has 2 aromatic rings. The van der Waals surface area contributed by atoms with Crippen molar-refractivity contribution >= 4 is 29.1 Å². The van der Waals surface area contributed by atoms with E-state index in [9.17, 15) is 19.3 Å². The van der Waals surface area contributed by atoms with Crippen molar-refractivity contribution in [2.75, 3.05) is 5.32 Å². The van der Waals surface area contributed by atoms with E-state index in [0.29, 0.717) is 11.1 Å². The largest absolute Gasteiger partial charge is 0.465 e. The highest BCUT2D eigenvalue weighted by molar-refractivity contribution is 6.34. The quantitative estimate of drug-likeness (QED) is 0.658. The maximum absolute atomic E-state index is 12.9. The van der Waals surface area contributed by atoms with Crippen molar-refractivity contribution in [3.05, 3.63) is 57.4 Å². The molecule has 1 amide bonds. The molecule has 0 aromatic heterocycles. The van der Waals surface area contributed by atoms with Gasteiger partial charge >= 0.3 is 6.09 Å². The number of halogens is 2. The number of hydrogen-bond acceptors (Lipinski definition) is 3. The lowest BCUT2D eigenvalue weighted by Gasteiger charge is -2.08. The molecule has 0 fully saturated rings. The molecule has 0 bridgehead atoms. The van der Waals surface area contributed by atoms with Gasteiger partial charge < -0.3 is 5.11 Å². The first-order valence-electron chi connectivity index (χ1n) is 5.62. The Kier molecular flexibility index (Phi) is 4.04. The van der Waals surface area contributed by atoms with E-state index in [-0.39, 0.29) is 10.7 Å². The van der Waals surface area contributed by atoms with Crippen LogP contribution in [0.3, 0.4) is 0 Å². The summed E-state index contributed by atoms with van der Waals surface area (Å²) in [6.45, 7) is 0. The third-order valence-corrected chi connectivity index (χ3v) is 2.99. The van der Waals surface area contributed by atoms with Crippen molar-refractivity contribution in [3.8, 4) is 11.1 Å². The molecule has 0 aliphatic heterocycles. The number of nitrogens with zero attached hydrogens (tertiary/aromatic N) is 1. The van der Waals surface area contributed by atoms with Crippen molar-refractivity contribution in [2.45, 2.75) is 0 Å². The monoisotopic (exact) mass is 310 g/mol. The number of carbonyl (C=O) groups is 1. The van der Waals surface area contributed by atoms with E-state index in [2.05, 4.69) is 0 Å². The van der Waals surface area contributed by atoms with E-state index < -0.39 is 22.5 Å². The standard InChI is InChI=1S/C13H8ClFN2O4/c14-10-6-11(16-13(18)19)12(17(20)21)5-9(10)7-1-3-8(15)4-2-7/h1-6,16H,(H,18,19). The third-order valence-electron chi connectivity index (χ3n) is 2.68. The smallest absolute Gasteiger partial charge is 0.409 e. The van der Waals surface area contributed by atoms with Crippen LogP contribution in [-0.4, -0.2) is 16.1 Å². The van der Waals surface area contributed by atoms with Crippen LogP contribution >= 0.6 is 11.6 Å². The highest BCUT2D eigenvalue weighted by atomic mass is 35.5. The Hall–Kier alpha value is -2.67. The molecule has 0 aliphatic rings. The van der Waals surface area contributed by atoms with Gasteiger partial charge in [-0.3, -0.25) is 15.4 Å². The number of anilines is 1. The number of rotatable bonds is 3. The molecule has 0 unspecified atom stereocenters. The van der Waals surface area contributed by atoms with Crippen LogP contribution in [0, 0.1) is 15.9 Å². The second kappa shape index (κ2) is 5.76. The fourth-order valence-electron chi connectivity index (χ4n) is 1.78. The van der Waals surface area contributed by atoms with Crippen molar-refractivity contribution in [2.24, 2.45) is 0 Å². The minimum Gasteiger partial charge on any atom is -0.465 e. The molecule has 2 aromatic carbocycles. The number of hydrogen-bond donors (Lipinski definition) is 2. The molecule has 0 radical (unpaired) electrons. The first-order valence-corrected chi connectivity index (χ1v) is 6.00. The maximum atomic E-state index is 12.9. The zero-order valence-corrected chi connectivity index (χ0v) is 11.1. The molecule has 6 nitrogen and oxygen atoms in total. The lowest BCUT2D eigenvalue weighted by molar-refractivity contribution is -0.383. The number of benzene rings is 2. The van der Waals surface area contributed by atoms with E-state index >= 15 is 0 Å². The van der Waals surface area contributed by atoms with Gasteiger partial charge in [-0.2, -0.15) is 0 Å².